The van der Waals surface area contributed by atoms with Crippen molar-refractivity contribution in [3.8, 4) is 0 Å². The molecule has 0 atom stereocenters. The van der Waals surface area contributed by atoms with Crippen LogP contribution in [0.2, 0.25) is 0 Å². The lowest BCUT2D eigenvalue weighted by molar-refractivity contribution is -0.121. The molecule has 2 aromatic carbocycles. The van der Waals surface area contributed by atoms with Gasteiger partial charge in [-0.1, -0.05) is 48.5 Å². The number of benzene rings is 2. The summed E-state index contributed by atoms with van der Waals surface area (Å²) in [6.45, 7) is 1.00. The minimum absolute atomic E-state index is 0.0236. The molecular weight excluding hydrogens is 352 g/mol. The summed E-state index contributed by atoms with van der Waals surface area (Å²) in [5.74, 6) is 0.0236. The average Bonchev–Trinajstić information content (AvgIpc) is 3.05. The quantitative estimate of drug-likeness (QED) is 0.506. The van der Waals surface area contributed by atoms with Gasteiger partial charge in [0.05, 0.1) is 0 Å². The molecule has 4 rings (SSSR count). The molecule has 2 heterocycles. The van der Waals surface area contributed by atoms with Gasteiger partial charge in [-0.25, -0.2) is 9.48 Å². The molecule has 0 aliphatic rings. The Morgan fingerprint density at radius 2 is 1.82 bits per heavy atom. The number of aryl methyl sites for hydroxylation is 2. The van der Waals surface area contributed by atoms with Crippen LogP contribution in [0.15, 0.2) is 71.7 Å². The first-order chi connectivity index (χ1) is 13.7. The Hall–Kier alpha value is -3.41. The molecule has 142 valence electrons. The maximum Gasteiger partial charge on any atom is 0.350 e. The van der Waals surface area contributed by atoms with Crippen molar-refractivity contribution >= 4 is 22.3 Å². The molecule has 6 nitrogen and oxygen atoms in total. The van der Waals surface area contributed by atoms with Gasteiger partial charge in [0.1, 0.15) is 0 Å². The third-order valence-corrected chi connectivity index (χ3v) is 4.81. The fourth-order valence-electron chi connectivity index (χ4n) is 3.31. The van der Waals surface area contributed by atoms with E-state index in [0.29, 0.717) is 38.0 Å². The molecule has 1 N–H and O–H groups in total. The van der Waals surface area contributed by atoms with Crippen LogP contribution < -0.4 is 11.0 Å². The molecule has 0 spiro atoms. The Balaban J connectivity index is 1.24. The number of fused-ring (bicyclic) bond motifs is 2. The topological polar surface area (TPSA) is 68.4 Å². The summed E-state index contributed by atoms with van der Waals surface area (Å²) in [6.07, 6.45) is 3.52. The van der Waals surface area contributed by atoms with Crippen molar-refractivity contribution < 1.29 is 4.79 Å². The van der Waals surface area contributed by atoms with Crippen molar-refractivity contribution in [3.05, 3.63) is 82.9 Å². The van der Waals surface area contributed by atoms with Gasteiger partial charge in [-0.2, -0.15) is 0 Å². The van der Waals surface area contributed by atoms with Crippen LogP contribution in [0.4, 0.5) is 0 Å². The maximum absolute atomic E-state index is 12.2. The molecule has 1 amide bonds. The number of amides is 1. The summed E-state index contributed by atoms with van der Waals surface area (Å²) in [6, 6.07) is 20.0. The first-order valence-corrected chi connectivity index (χ1v) is 9.49. The highest BCUT2D eigenvalue weighted by Gasteiger charge is 2.06. The molecule has 0 unspecified atom stereocenters. The molecule has 4 aromatic rings. The van der Waals surface area contributed by atoms with Crippen LogP contribution in [-0.2, 0) is 17.8 Å². The monoisotopic (exact) mass is 374 g/mol. The van der Waals surface area contributed by atoms with Gasteiger partial charge in [0.25, 0.3) is 0 Å². The molecule has 6 heteroatoms. The Labute approximate surface area is 162 Å². The van der Waals surface area contributed by atoms with Crippen LogP contribution >= 0.6 is 0 Å². The van der Waals surface area contributed by atoms with Gasteiger partial charge in [-0.05, 0) is 41.3 Å². The molecule has 28 heavy (non-hydrogen) atoms. The second-order valence-electron chi connectivity index (χ2n) is 6.82. The molecule has 0 radical (unpaired) electrons. The number of hydrogen-bond acceptors (Lipinski definition) is 3. The van der Waals surface area contributed by atoms with Gasteiger partial charge in [0.2, 0.25) is 5.91 Å². The molecule has 0 fully saturated rings. The van der Waals surface area contributed by atoms with E-state index >= 15 is 0 Å². The van der Waals surface area contributed by atoms with E-state index in [1.165, 1.54) is 19.9 Å². The van der Waals surface area contributed by atoms with Gasteiger partial charge < -0.3 is 5.32 Å². The second kappa shape index (κ2) is 8.08. The molecule has 0 aliphatic heterocycles. The third kappa shape index (κ3) is 3.96. The van der Waals surface area contributed by atoms with E-state index in [9.17, 15) is 9.59 Å². The number of carbonyl (C=O) groups is 1. The van der Waals surface area contributed by atoms with Gasteiger partial charge in [0, 0.05) is 25.7 Å². The van der Waals surface area contributed by atoms with E-state index in [1.54, 1.807) is 18.3 Å². The summed E-state index contributed by atoms with van der Waals surface area (Å²) in [5, 5.41) is 9.61. The zero-order valence-electron chi connectivity index (χ0n) is 15.5. The Bertz CT molecular complexity index is 1180. The van der Waals surface area contributed by atoms with Gasteiger partial charge in [-0.15, -0.1) is 5.10 Å². The zero-order chi connectivity index (χ0) is 19.3. The highest BCUT2D eigenvalue weighted by atomic mass is 16.2. The highest BCUT2D eigenvalue weighted by molar-refractivity contribution is 5.83. The van der Waals surface area contributed by atoms with Crippen LogP contribution in [0.3, 0.4) is 0 Å². The number of hydrogen-bond donors (Lipinski definition) is 1. The van der Waals surface area contributed by atoms with Crippen LogP contribution in [0.5, 0.6) is 0 Å². The maximum atomic E-state index is 12.2. The lowest BCUT2D eigenvalue weighted by Crippen LogP contribution is -2.27. The molecule has 0 saturated heterocycles. The van der Waals surface area contributed by atoms with Crippen molar-refractivity contribution in [2.75, 3.05) is 6.54 Å². The molecular formula is C22H22N4O2. The van der Waals surface area contributed by atoms with E-state index in [2.05, 4.69) is 40.7 Å². The number of nitrogens with zero attached hydrogens (tertiary/aromatic N) is 3. The number of pyridine rings is 1. The molecule has 0 saturated carbocycles. The molecule has 0 bridgehead atoms. The molecule has 2 aromatic heterocycles. The first kappa shape index (κ1) is 18.0. The van der Waals surface area contributed by atoms with Crippen LogP contribution in [0.1, 0.15) is 18.4 Å². The summed E-state index contributed by atoms with van der Waals surface area (Å²) in [7, 11) is 0. The second-order valence-corrected chi connectivity index (χ2v) is 6.82. The van der Waals surface area contributed by atoms with Crippen molar-refractivity contribution in [1.82, 2.24) is 19.5 Å². The largest absolute Gasteiger partial charge is 0.356 e. The lowest BCUT2D eigenvalue weighted by Gasteiger charge is -2.06. The molecule has 0 aliphatic carbocycles. The van der Waals surface area contributed by atoms with E-state index in [-0.39, 0.29) is 11.6 Å². The zero-order valence-corrected chi connectivity index (χ0v) is 15.5. The van der Waals surface area contributed by atoms with Gasteiger partial charge in [0.15, 0.2) is 5.65 Å². The minimum Gasteiger partial charge on any atom is -0.356 e. The van der Waals surface area contributed by atoms with Crippen LogP contribution in [0, 0.1) is 0 Å². The number of carbonyl (C=O) groups excluding carboxylic acids is 1. The minimum atomic E-state index is -0.154. The third-order valence-electron chi connectivity index (χ3n) is 4.81. The summed E-state index contributed by atoms with van der Waals surface area (Å²) in [5.41, 5.74) is 1.63. The van der Waals surface area contributed by atoms with E-state index < -0.39 is 0 Å². The lowest BCUT2D eigenvalue weighted by atomic mass is 10.0. The van der Waals surface area contributed by atoms with Crippen molar-refractivity contribution in [1.29, 1.82) is 0 Å². The van der Waals surface area contributed by atoms with Gasteiger partial charge in [-0.3, -0.25) is 9.20 Å². The van der Waals surface area contributed by atoms with Crippen molar-refractivity contribution in [2.45, 2.75) is 25.8 Å². The summed E-state index contributed by atoms with van der Waals surface area (Å²) < 4.78 is 2.96. The fourth-order valence-corrected chi connectivity index (χ4v) is 3.31. The Morgan fingerprint density at radius 3 is 2.68 bits per heavy atom. The predicted octanol–water partition coefficient (Wildman–Crippen LogP) is 2.79. The standard InChI is InChI=1S/C22H22N4O2/c27-21(12-10-17-9-11-18-6-1-2-7-19(18)16-17)23-13-5-15-26-22(28)25-14-4-3-8-20(25)24-26/h1-4,6-9,11,14,16H,5,10,12-13,15H2,(H,23,27). The van der Waals surface area contributed by atoms with Crippen LogP contribution in [-0.4, -0.2) is 26.6 Å². The smallest absolute Gasteiger partial charge is 0.350 e. The summed E-state index contributed by atoms with van der Waals surface area (Å²) >= 11 is 0. The van der Waals surface area contributed by atoms with Crippen LogP contribution in [0.25, 0.3) is 16.4 Å². The highest BCUT2D eigenvalue weighted by Crippen LogP contribution is 2.16. The average molecular weight is 374 g/mol. The number of nitrogens with one attached hydrogen (secondary N) is 1. The Kier molecular flexibility index (Phi) is 5.19. The number of rotatable bonds is 7. The van der Waals surface area contributed by atoms with Gasteiger partial charge >= 0.3 is 5.69 Å². The summed E-state index contributed by atoms with van der Waals surface area (Å²) in [4.78, 5) is 24.3. The SMILES string of the molecule is O=C(CCc1ccc2ccccc2c1)NCCCn1nc2ccccn2c1=O. The van der Waals surface area contributed by atoms with Crippen molar-refractivity contribution in [2.24, 2.45) is 0 Å². The first-order valence-electron chi connectivity index (χ1n) is 9.49. The fraction of sp³-hybridized carbons (Fsp3) is 0.227. The predicted molar refractivity (Wildman–Crippen MR) is 109 cm³/mol. The van der Waals surface area contributed by atoms with E-state index in [1.807, 2.05) is 18.2 Å². The van der Waals surface area contributed by atoms with Crippen molar-refractivity contribution in [3.63, 3.8) is 0 Å². The van der Waals surface area contributed by atoms with E-state index in [0.717, 1.165) is 5.56 Å². The number of aromatic nitrogens is 3. The van der Waals surface area contributed by atoms with E-state index in [4.69, 9.17) is 0 Å². The Morgan fingerprint density at radius 1 is 1.00 bits per heavy atom. The normalized spacial score (nSPS) is 11.1.